The number of hydrogen-bond donors (Lipinski definition) is 3. The second kappa shape index (κ2) is 3.89. The quantitative estimate of drug-likeness (QED) is 0.736. The van der Waals surface area contributed by atoms with Gasteiger partial charge in [0.2, 0.25) is 0 Å². The van der Waals surface area contributed by atoms with E-state index in [2.05, 4.69) is 10.6 Å². The average molecular weight is 253 g/mol. The summed E-state index contributed by atoms with van der Waals surface area (Å²) in [6, 6.07) is 4.80. The fourth-order valence-electron chi connectivity index (χ4n) is 2.52. The molecule has 0 bridgehead atoms. The molecule has 2 aliphatic rings. The summed E-state index contributed by atoms with van der Waals surface area (Å²) in [6.07, 6.45) is 0. The van der Waals surface area contributed by atoms with E-state index in [1.54, 1.807) is 6.07 Å². The predicted molar refractivity (Wildman–Crippen MR) is 64.2 cm³/mol. The van der Waals surface area contributed by atoms with E-state index in [4.69, 9.17) is 11.6 Å². The first-order chi connectivity index (χ1) is 8.16. The molecule has 1 amide bonds. The highest BCUT2D eigenvalue weighted by Crippen LogP contribution is 2.41. The minimum atomic E-state index is -0.119. The summed E-state index contributed by atoms with van der Waals surface area (Å²) in [5.41, 5.74) is 0.491. The Kier molecular flexibility index (Phi) is 2.49. The van der Waals surface area contributed by atoms with Gasteiger partial charge in [-0.3, -0.25) is 4.79 Å². The number of fused-ring (bicyclic) bond motifs is 1. The van der Waals surface area contributed by atoms with Gasteiger partial charge in [0.15, 0.2) is 0 Å². The van der Waals surface area contributed by atoms with Gasteiger partial charge < -0.3 is 15.7 Å². The van der Waals surface area contributed by atoms with Crippen LogP contribution < -0.4 is 10.6 Å². The molecule has 2 fully saturated rings. The molecule has 1 saturated carbocycles. The smallest absolute Gasteiger partial charge is 0.251 e. The monoisotopic (exact) mass is 252 g/mol. The van der Waals surface area contributed by atoms with Crippen molar-refractivity contribution < 1.29 is 9.90 Å². The van der Waals surface area contributed by atoms with Crippen molar-refractivity contribution in [2.75, 3.05) is 13.1 Å². The van der Waals surface area contributed by atoms with E-state index < -0.39 is 0 Å². The minimum Gasteiger partial charge on any atom is -0.506 e. The van der Waals surface area contributed by atoms with Crippen molar-refractivity contribution in [2.24, 2.45) is 11.8 Å². The number of amides is 1. The van der Waals surface area contributed by atoms with Crippen molar-refractivity contribution >= 4 is 17.5 Å². The fourth-order valence-corrected chi connectivity index (χ4v) is 2.70. The lowest BCUT2D eigenvalue weighted by Gasteiger charge is -2.08. The number of carbonyl (C=O) groups excluding carboxylic acids is 1. The molecule has 17 heavy (non-hydrogen) atoms. The van der Waals surface area contributed by atoms with Gasteiger partial charge in [0, 0.05) is 24.7 Å². The number of carbonyl (C=O) groups is 1. The summed E-state index contributed by atoms with van der Waals surface area (Å²) in [5.74, 6) is 1.06. The SMILES string of the molecule is O=C(NC1C2CNCC21)c1ccc(O)c(Cl)c1. The van der Waals surface area contributed by atoms with Crippen LogP contribution in [0.3, 0.4) is 0 Å². The van der Waals surface area contributed by atoms with Crippen LogP contribution in [-0.2, 0) is 0 Å². The summed E-state index contributed by atoms with van der Waals surface area (Å²) in [7, 11) is 0. The van der Waals surface area contributed by atoms with E-state index >= 15 is 0 Å². The second-order valence-electron chi connectivity index (χ2n) is 4.65. The van der Waals surface area contributed by atoms with Crippen LogP contribution in [0.1, 0.15) is 10.4 Å². The Labute approximate surface area is 104 Å². The van der Waals surface area contributed by atoms with Gasteiger partial charge in [0.25, 0.3) is 5.91 Å². The third kappa shape index (κ3) is 1.87. The van der Waals surface area contributed by atoms with E-state index in [1.165, 1.54) is 12.1 Å². The summed E-state index contributed by atoms with van der Waals surface area (Å²) in [5, 5.41) is 15.8. The van der Waals surface area contributed by atoms with Crippen molar-refractivity contribution in [2.45, 2.75) is 6.04 Å². The molecule has 1 aliphatic carbocycles. The Bertz CT molecular complexity index is 468. The van der Waals surface area contributed by atoms with Crippen LogP contribution in [0.15, 0.2) is 18.2 Å². The summed E-state index contributed by atoms with van der Waals surface area (Å²) < 4.78 is 0. The maximum atomic E-state index is 11.9. The Morgan fingerprint density at radius 1 is 1.41 bits per heavy atom. The molecule has 5 heteroatoms. The largest absolute Gasteiger partial charge is 0.506 e. The molecule has 3 rings (SSSR count). The van der Waals surface area contributed by atoms with Gasteiger partial charge in [0.1, 0.15) is 5.75 Å². The Balaban J connectivity index is 1.68. The van der Waals surface area contributed by atoms with Crippen molar-refractivity contribution in [3.05, 3.63) is 28.8 Å². The number of hydrogen-bond acceptors (Lipinski definition) is 3. The number of aromatic hydroxyl groups is 1. The molecule has 3 N–H and O–H groups in total. The van der Waals surface area contributed by atoms with Crippen LogP contribution in [-0.4, -0.2) is 30.1 Å². The van der Waals surface area contributed by atoms with Gasteiger partial charge >= 0.3 is 0 Å². The molecule has 90 valence electrons. The van der Waals surface area contributed by atoms with Crippen LogP contribution in [0, 0.1) is 11.8 Å². The number of phenols is 1. The molecule has 1 heterocycles. The van der Waals surface area contributed by atoms with Gasteiger partial charge in [-0.05, 0) is 30.0 Å². The van der Waals surface area contributed by atoms with Gasteiger partial charge in [-0.1, -0.05) is 11.6 Å². The minimum absolute atomic E-state index is 0.00397. The van der Waals surface area contributed by atoms with Crippen molar-refractivity contribution in [1.82, 2.24) is 10.6 Å². The number of phenolic OH excluding ortho intramolecular Hbond substituents is 1. The number of rotatable bonds is 2. The second-order valence-corrected chi connectivity index (χ2v) is 5.06. The fraction of sp³-hybridized carbons (Fsp3) is 0.417. The van der Waals surface area contributed by atoms with Crippen LogP contribution in [0.5, 0.6) is 5.75 Å². The molecule has 1 aromatic rings. The molecule has 1 aromatic carbocycles. The molecular weight excluding hydrogens is 240 g/mol. The van der Waals surface area contributed by atoms with Crippen LogP contribution >= 0.6 is 11.6 Å². The number of benzene rings is 1. The highest BCUT2D eigenvalue weighted by Gasteiger charge is 2.53. The standard InChI is InChI=1S/C12H13ClN2O2/c13-9-3-6(1-2-10(9)16)12(17)15-11-7-4-14-5-8(7)11/h1-3,7-8,11,14,16H,4-5H2,(H,15,17). The lowest BCUT2D eigenvalue weighted by Crippen LogP contribution is -2.32. The summed E-state index contributed by atoms with van der Waals surface area (Å²) in [4.78, 5) is 11.9. The molecule has 0 radical (unpaired) electrons. The Morgan fingerprint density at radius 3 is 2.76 bits per heavy atom. The average Bonchev–Trinajstić information content (AvgIpc) is 2.76. The molecule has 2 unspecified atom stereocenters. The van der Waals surface area contributed by atoms with E-state index in [0.717, 1.165) is 13.1 Å². The Morgan fingerprint density at radius 2 is 2.12 bits per heavy atom. The maximum absolute atomic E-state index is 11.9. The van der Waals surface area contributed by atoms with Crippen molar-refractivity contribution in [3.63, 3.8) is 0 Å². The Hall–Kier alpha value is -1.26. The van der Waals surface area contributed by atoms with E-state index in [0.29, 0.717) is 23.4 Å². The zero-order valence-corrected chi connectivity index (χ0v) is 9.87. The highest BCUT2D eigenvalue weighted by atomic mass is 35.5. The third-order valence-corrected chi connectivity index (χ3v) is 3.90. The maximum Gasteiger partial charge on any atom is 0.251 e. The normalized spacial score (nSPS) is 29.8. The van der Waals surface area contributed by atoms with Crippen LogP contribution in [0.4, 0.5) is 0 Å². The van der Waals surface area contributed by atoms with E-state index in [-0.39, 0.29) is 16.7 Å². The van der Waals surface area contributed by atoms with Crippen LogP contribution in [0.2, 0.25) is 5.02 Å². The first-order valence-corrected chi connectivity index (χ1v) is 6.04. The zero-order valence-electron chi connectivity index (χ0n) is 9.11. The highest BCUT2D eigenvalue weighted by molar-refractivity contribution is 6.32. The molecule has 0 spiro atoms. The molecule has 1 aliphatic heterocycles. The van der Waals surface area contributed by atoms with Gasteiger partial charge in [-0.15, -0.1) is 0 Å². The van der Waals surface area contributed by atoms with E-state index in [1.807, 2.05) is 0 Å². The zero-order chi connectivity index (χ0) is 12.0. The number of nitrogens with one attached hydrogen (secondary N) is 2. The third-order valence-electron chi connectivity index (χ3n) is 3.60. The van der Waals surface area contributed by atoms with Gasteiger partial charge in [0.05, 0.1) is 5.02 Å². The van der Waals surface area contributed by atoms with Gasteiger partial charge in [-0.25, -0.2) is 0 Å². The lowest BCUT2D eigenvalue weighted by molar-refractivity contribution is 0.0946. The number of piperidine rings is 1. The summed E-state index contributed by atoms with van der Waals surface area (Å²) >= 11 is 5.77. The van der Waals surface area contributed by atoms with Crippen LogP contribution in [0.25, 0.3) is 0 Å². The lowest BCUT2D eigenvalue weighted by atomic mass is 10.2. The van der Waals surface area contributed by atoms with Gasteiger partial charge in [-0.2, -0.15) is 0 Å². The first kappa shape index (κ1) is 10.9. The first-order valence-electron chi connectivity index (χ1n) is 5.67. The molecule has 1 saturated heterocycles. The molecule has 4 nitrogen and oxygen atoms in total. The topological polar surface area (TPSA) is 61.4 Å². The number of halogens is 1. The van der Waals surface area contributed by atoms with E-state index in [9.17, 15) is 9.90 Å². The molecule has 0 aromatic heterocycles. The molecular formula is C12H13ClN2O2. The predicted octanol–water partition coefficient (Wildman–Crippen LogP) is 0.993. The summed E-state index contributed by atoms with van der Waals surface area (Å²) in [6.45, 7) is 1.98. The molecule has 2 atom stereocenters. The van der Waals surface area contributed by atoms with Crippen molar-refractivity contribution in [3.8, 4) is 5.75 Å². The van der Waals surface area contributed by atoms with Crippen molar-refractivity contribution in [1.29, 1.82) is 0 Å².